The number of ether oxygens (including phenoxy) is 1. The van der Waals surface area contributed by atoms with Crippen molar-refractivity contribution in [3.8, 4) is 0 Å². The summed E-state index contributed by atoms with van der Waals surface area (Å²) in [7, 11) is -2.38. The number of aromatic nitrogens is 5. The van der Waals surface area contributed by atoms with Gasteiger partial charge in [0.1, 0.15) is 6.23 Å². The molecule has 10 nitrogen and oxygen atoms in total. The zero-order chi connectivity index (χ0) is 16.0. The van der Waals surface area contributed by atoms with Crippen molar-refractivity contribution >= 4 is 25.5 Å². The van der Waals surface area contributed by atoms with E-state index >= 15 is 0 Å². The van der Waals surface area contributed by atoms with Crippen LogP contribution in [-0.2, 0) is 9.26 Å². The standard InChI is InChI=1S/C12H14N5O5P/c18-10-9-11(16-4-3-13-12(16)15-10)17(6-14-9)8-2-1-7(22-8)5-21-23(19)20/h3-4,6-8,19-20H,1-2,5H2,(H,13,15,18). The Kier molecular flexibility index (Phi) is 3.63. The molecule has 0 amide bonds. The largest absolute Gasteiger partial charge is 0.352 e. The molecule has 3 N–H and O–H groups in total. The van der Waals surface area contributed by atoms with Gasteiger partial charge in [-0.2, -0.15) is 0 Å². The highest BCUT2D eigenvalue weighted by atomic mass is 31.2. The number of imidazole rings is 2. The average Bonchev–Trinajstić information content (AvgIpc) is 3.22. The molecule has 3 aromatic heterocycles. The molecule has 0 radical (unpaired) electrons. The maximum atomic E-state index is 12.1. The first kappa shape index (κ1) is 14.7. The van der Waals surface area contributed by atoms with Crippen LogP contribution in [0.4, 0.5) is 0 Å². The molecule has 0 saturated carbocycles. The lowest BCUT2D eigenvalue weighted by molar-refractivity contribution is -0.0177. The Morgan fingerprint density at radius 3 is 3.13 bits per heavy atom. The number of hydrogen-bond donors (Lipinski definition) is 3. The van der Waals surface area contributed by atoms with Crippen molar-refractivity contribution in [2.24, 2.45) is 0 Å². The van der Waals surface area contributed by atoms with Gasteiger partial charge in [0.2, 0.25) is 5.78 Å². The number of fused-ring (bicyclic) bond motifs is 3. The lowest BCUT2D eigenvalue weighted by Gasteiger charge is -2.16. The number of hydrogen-bond acceptors (Lipinski definition) is 7. The highest BCUT2D eigenvalue weighted by Crippen LogP contribution is 2.33. The van der Waals surface area contributed by atoms with Crippen LogP contribution in [0.3, 0.4) is 0 Å². The summed E-state index contributed by atoms with van der Waals surface area (Å²) in [5.74, 6) is 0.438. The summed E-state index contributed by atoms with van der Waals surface area (Å²) < 4.78 is 14.2. The molecule has 1 fully saturated rings. The summed E-state index contributed by atoms with van der Waals surface area (Å²) in [6, 6.07) is 0. The summed E-state index contributed by atoms with van der Waals surface area (Å²) in [6.45, 7) is 0.114. The van der Waals surface area contributed by atoms with E-state index in [0.29, 0.717) is 29.8 Å². The Labute approximate surface area is 130 Å². The van der Waals surface area contributed by atoms with Crippen LogP contribution in [0.5, 0.6) is 0 Å². The monoisotopic (exact) mass is 339 g/mol. The molecule has 23 heavy (non-hydrogen) atoms. The van der Waals surface area contributed by atoms with Crippen molar-refractivity contribution in [1.29, 1.82) is 0 Å². The van der Waals surface area contributed by atoms with Gasteiger partial charge >= 0.3 is 8.60 Å². The molecule has 4 heterocycles. The van der Waals surface area contributed by atoms with Gasteiger partial charge in [-0.05, 0) is 12.8 Å². The molecular weight excluding hydrogens is 325 g/mol. The van der Waals surface area contributed by atoms with Crippen LogP contribution in [-0.4, -0.2) is 46.4 Å². The maximum absolute atomic E-state index is 12.1. The third-order valence-corrected chi connectivity index (χ3v) is 4.23. The fraction of sp³-hybridized carbons (Fsp3) is 0.417. The van der Waals surface area contributed by atoms with Gasteiger partial charge in [0, 0.05) is 12.4 Å². The second-order valence-corrected chi connectivity index (χ2v) is 6.00. The van der Waals surface area contributed by atoms with Gasteiger partial charge in [-0.1, -0.05) is 0 Å². The molecule has 122 valence electrons. The Bertz CT molecular complexity index is 902. The van der Waals surface area contributed by atoms with Gasteiger partial charge in [0.05, 0.1) is 19.0 Å². The van der Waals surface area contributed by atoms with E-state index in [4.69, 9.17) is 19.0 Å². The fourth-order valence-electron chi connectivity index (χ4n) is 2.86. The third-order valence-electron chi connectivity index (χ3n) is 3.85. The van der Waals surface area contributed by atoms with Gasteiger partial charge < -0.3 is 19.0 Å². The summed E-state index contributed by atoms with van der Waals surface area (Å²) in [6.07, 6.45) is 5.79. The van der Waals surface area contributed by atoms with E-state index in [9.17, 15) is 4.79 Å². The molecule has 11 heteroatoms. The second kappa shape index (κ2) is 5.66. The molecular formula is C12H14N5O5P. The molecule has 0 spiro atoms. The Morgan fingerprint density at radius 1 is 1.43 bits per heavy atom. The third kappa shape index (κ3) is 2.54. The van der Waals surface area contributed by atoms with Gasteiger partial charge in [-0.25, -0.2) is 9.97 Å². The number of nitrogens with one attached hydrogen (secondary N) is 1. The second-order valence-electron chi connectivity index (χ2n) is 5.24. The number of H-pyrrole nitrogens is 1. The zero-order valence-corrected chi connectivity index (χ0v) is 12.8. The van der Waals surface area contributed by atoms with Crippen LogP contribution in [0.25, 0.3) is 16.9 Å². The topological polar surface area (TPSA) is 127 Å². The molecule has 0 aliphatic carbocycles. The van der Waals surface area contributed by atoms with Crippen LogP contribution >= 0.6 is 8.60 Å². The quantitative estimate of drug-likeness (QED) is 0.583. The lowest BCUT2D eigenvalue weighted by atomic mass is 10.2. The average molecular weight is 339 g/mol. The van der Waals surface area contributed by atoms with Crippen LogP contribution in [0.2, 0.25) is 0 Å². The van der Waals surface area contributed by atoms with Gasteiger partial charge in [0.15, 0.2) is 11.2 Å². The Morgan fingerprint density at radius 2 is 2.30 bits per heavy atom. The smallest absolute Gasteiger partial charge is 0.327 e. The van der Waals surface area contributed by atoms with Crippen molar-refractivity contribution in [2.45, 2.75) is 25.2 Å². The van der Waals surface area contributed by atoms with Crippen molar-refractivity contribution < 1.29 is 19.0 Å². The van der Waals surface area contributed by atoms with E-state index in [1.165, 1.54) is 0 Å². The van der Waals surface area contributed by atoms with E-state index in [1.54, 1.807) is 27.7 Å². The molecule has 1 saturated heterocycles. The molecule has 3 aromatic rings. The van der Waals surface area contributed by atoms with Crippen LogP contribution in [0, 0.1) is 0 Å². The van der Waals surface area contributed by atoms with E-state index in [1.807, 2.05) is 0 Å². The molecule has 0 aromatic carbocycles. The van der Waals surface area contributed by atoms with Gasteiger partial charge in [0.25, 0.3) is 5.56 Å². The normalized spacial score (nSPS) is 21.9. The summed E-state index contributed by atoms with van der Waals surface area (Å²) in [5.41, 5.74) is 0.619. The van der Waals surface area contributed by atoms with Crippen LogP contribution in [0.15, 0.2) is 23.5 Å². The number of rotatable bonds is 4. The van der Waals surface area contributed by atoms with E-state index in [0.717, 1.165) is 0 Å². The highest BCUT2D eigenvalue weighted by molar-refractivity contribution is 7.39. The van der Waals surface area contributed by atoms with Crippen LogP contribution < -0.4 is 5.56 Å². The number of nitrogens with zero attached hydrogens (tertiary/aromatic N) is 4. The molecule has 2 unspecified atom stereocenters. The molecule has 4 rings (SSSR count). The van der Waals surface area contributed by atoms with E-state index in [-0.39, 0.29) is 24.5 Å². The van der Waals surface area contributed by atoms with Crippen molar-refractivity contribution in [3.05, 3.63) is 29.1 Å². The molecule has 1 aliphatic rings. The van der Waals surface area contributed by atoms with E-state index < -0.39 is 8.60 Å². The summed E-state index contributed by atoms with van der Waals surface area (Å²) in [4.78, 5) is 40.6. The SMILES string of the molecule is O=c1[nH]c2nccn2c2c1ncn2C1CCC(COP(O)O)O1. The lowest BCUT2D eigenvalue weighted by Crippen LogP contribution is -2.17. The predicted octanol–water partition coefficient (Wildman–Crippen LogP) is 0.278. The molecule has 1 aliphatic heterocycles. The fourth-order valence-corrected chi connectivity index (χ4v) is 3.15. The summed E-state index contributed by atoms with van der Waals surface area (Å²) in [5, 5.41) is 0. The van der Waals surface area contributed by atoms with Crippen molar-refractivity contribution in [3.63, 3.8) is 0 Å². The van der Waals surface area contributed by atoms with Crippen molar-refractivity contribution in [1.82, 2.24) is 23.9 Å². The first-order valence-corrected chi connectivity index (χ1v) is 8.18. The first-order valence-electron chi connectivity index (χ1n) is 7.01. The first-order chi connectivity index (χ1) is 11.1. The molecule has 0 bridgehead atoms. The van der Waals surface area contributed by atoms with E-state index in [2.05, 4.69) is 15.0 Å². The minimum absolute atomic E-state index is 0.114. The number of aromatic amines is 1. The van der Waals surface area contributed by atoms with Gasteiger partial charge in [-0.3, -0.25) is 18.7 Å². The zero-order valence-electron chi connectivity index (χ0n) is 11.9. The maximum Gasteiger partial charge on any atom is 0.327 e. The highest BCUT2D eigenvalue weighted by Gasteiger charge is 2.29. The van der Waals surface area contributed by atoms with Crippen molar-refractivity contribution in [2.75, 3.05) is 6.61 Å². The summed E-state index contributed by atoms with van der Waals surface area (Å²) >= 11 is 0. The van der Waals surface area contributed by atoms with Crippen LogP contribution in [0.1, 0.15) is 19.1 Å². The minimum atomic E-state index is -2.38. The minimum Gasteiger partial charge on any atom is -0.352 e. The molecule has 2 atom stereocenters. The van der Waals surface area contributed by atoms with Gasteiger partial charge in [-0.15, -0.1) is 0 Å². The Balaban J connectivity index is 1.69. The predicted molar refractivity (Wildman–Crippen MR) is 79.6 cm³/mol. The Hall–Kier alpha value is -1.84.